The first-order valence-electron chi connectivity index (χ1n) is 7.30. The highest BCUT2D eigenvalue weighted by Crippen LogP contribution is 2.24. The van der Waals surface area contributed by atoms with Crippen LogP contribution in [0, 0.1) is 6.92 Å². The Morgan fingerprint density at radius 1 is 1.00 bits per heavy atom. The molecule has 0 radical (unpaired) electrons. The van der Waals surface area contributed by atoms with Crippen molar-refractivity contribution in [3.8, 4) is 5.75 Å². The van der Waals surface area contributed by atoms with Gasteiger partial charge >= 0.3 is 5.69 Å². The van der Waals surface area contributed by atoms with Gasteiger partial charge in [0.25, 0.3) is 5.56 Å². The number of fused-ring (bicyclic) bond motifs is 2. The summed E-state index contributed by atoms with van der Waals surface area (Å²) in [6.45, 7) is 1.98. The average molecular weight is 348 g/mol. The first kappa shape index (κ1) is 17.0. The molecule has 10 heteroatoms. The van der Waals surface area contributed by atoms with Crippen LogP contribution in [-0.4, -0.2) is 47.4 Å². The Balaban J connectivity index is 1.86. The van der Waals surface area contributed by atoms with Gasteiger partial charge in [-0.05, 0) is 18.6 Å². The van der Waals surface area contributed by atoms with Gasteiger partial charge in [-0.3, -0.25) is 14.8 Å². The van der Waals surface area contributed by atoms with Gasteiger partial charge in [-0.1, -0.05) is 0 Å². The molecule has 0 unspecified atom stereocenters. The van der Waals surface area contributed by atoms with E-state index in [9.17, 15) is 9.59 Å². The number of nitrogens with one attached hydrogen (secondary N) is 2. The molecule has 0 aliphatic carbocycles. The van der Waals surface area contributed by atoms with Crippen molar-refractivity contribution in [2.45, 2.75) is 6.92 Å². The molecule has 0 amide bonds. The minimum absolute atomic E-state index is 0.0203. The zero-order chi connectivity index (χ0) is 17.8. The van der Waals surface area contributed by atoms with E-state index in [1.165, 1.54) is 7.11 Å². The lowest BCUT2D eigenvalue weighted by Crippen LogP contribution is -2.23. The Hall–Kier alpha value is -2.82. The van der Waals surface area contributed by atoms with Crippen molar-refractivity contribution in [3.63, 3.8) is 0 Å². The summed E-state index contributed by atoms with van der Waals surface area (Å²) in [5, 5.41) is 0. The predicted octanol–water partition coefficient (Wildman–Crippen LogP) is 0.399. The van der Waals surface area contributed by atoms with Gasteiger partial charge in [0.05, 0.1) is 11.0 Å². The Labute approximate surface area is 140 Å². The number of benzene rings is 1. The molecule has 0 aliphatic heterocycles. The van der Waals surface area contributed by atoms with E-state index in [0.717, 1.165) is 5.56 Å². The summed E-state index contributed by atoms with van der Waals surface area (Å²) >= 11 is 0. The largest absolute Gasteiger partial charge is 0.467 e. The molecule has 3 aromatic rings. The highest BCUT2D eigenvalue weighted by atomic mass is 16.8. The van der Waals surface area contributed by atoms with Crippen LogP contribution < -0.4 is 16.0 Å². The summed E-state index contributed by atoms with van der Waals surface area (Å²) in [4.78, 5) is 36.3. The second-order valence-electron chi connectivity index (χ2n) is 5.13. The normalized spacial score (nSPS) is 11.3. The third-order valence-corrected chi connectivity index (χ3v) is 3.30. The molecule has 132 valence electrons. The van der Waals surface area contributed by atoms with Crippen LogP contribution in [0.3, 0.4) is 0 Å². The van der Waals surface area contributed by atoms with Crippen LogP contribution in [-0.2, 0) is 14.2 Å². The van der Waals surface area contributed by atoms with Gasteiger partial charge in [0.1, 0.15) is 12.5 Å². The van der Waals surface area contributed by atoms with E-state index in [1.54, 1.807) is 12.1 Å². The molecule has 1 aromatic carbocycles. The maximum absolute atomic E-state index is 11.8. The van der Waals surface area contributed by atoms with Crippen LogP contribution in [0.25, 0.3) is 22.2 Å². The second-order valence-corrected chi connectivity index (χ2v) is 5.13. The van der Waals surface area contributed by atoms with Gasteiger partial charge in [0.2, 0.25) is 0 Å². The fourth-order valence-corrected chi connectivity index (χ4v) is 2.21. The number of aromatic amines is 2. The Kier molecular flexibility index (Phi) is 5.03. The lowest BCUT2D eigenvalue weighted by molar-refractivity contribution is -0.145. The molecular weight excluding hydrogens is 332 g/mol. The van der Waals surface area contributed by atoms with Crippen LogP contribution in [0.4, 0.5) is 0 Å². The van der Waals surface area contributed by atoms with Crippen molar-refractivity contribution in [1.29, 1.82) is 0 Å². The molecule has 10 nitrogen and oxygen atoms in total. The number of hydrogen-bond acceptors (Lipinski definition) is 8. The Bertz CT molecular complexity index is 1010. The van der Waals surface area contributed by atoms with Gasteiger partial charge in [0.15, 0.2) is 24.7 Å². The number of ether oxygens (including phenoxy) is 4. The summed E-state index contributed by atoms with van der Waals surface area (Å²) in [5.41, 5.74) is 0.737. The minimum atomic E-state index is -0.640. The highest BCUT2D eigenvalue weighted by Gasteiger charge is 2.10. The van der Waals surface area contributed by atoms with E-state index >= 15 is 0 Å². The molecule has 25 heavy (non-hydrogen) atoms. The van der Waals surface area contributed by atoms with Gasteiger partial charge in [-0.15, -0.1) is 0 Å². The molecule has 3 rings (SSSR count). The quantitative estimate of drug-likeness (QED) is 0.357. The van der Waals surface area contributed by atoms with Crippen molar-refractivity contribution in [1.82, 2.24) is 19.9 Å². The third-order valence-electron chi connectivity index (χ3n) is 3.30. The van der Waals surface area contributed by atoms with E-state index in [0.29, 0.717) is 16.8 Å². The van der Waals surface area contributed by atoms with E-state index in [2.05, 4.69) is 19.9 Å². The maximum Gasteiger partial charge on any atom is 0.327 e. The van der Waals surface area contributed by atoms with Crippen molar-refractivity contribution in [3.05, 3.63) is 38.5 Å². The van der Waals surface area contributed by atoms with Crippen molar-refractivity contribution in [2.75, 3.05) is 27.5 Å². The molecule has 2 N–H and O–H groups in total. The van der Waals surface area contributed by atoms with Crippen molar-refractivity contribution >= 4 is 22.2 Å². The van der Waals surface area contributed by atoms with Gasteiger partial charge in [-0.25, -0.2) is 14.8 Å². The molecular formula is C15H16N4O6. The number of aromatic nitrogens is 4. The van der Waals surface area contributed by atoms with Crippen LogP contribution >= 0.6 is 0 Å². The second kappa shape index (κ2) is 7.38. The lowest BCUT2D eigenvalue weighted by atomic mass is 10.2. The molecule has 2 aromatic heterocycles. The van der Waals surface area contributed by atoms with Gasteiger partial charge in [-0.2, -0.15) is 0 Å². The predicted molar refractivity (Wildman–Crippen MR) is 87.4 cm³/mol. The molecule has 0 atom stereocenters. The van der Waals surface area contributed by atoms with Crippen LogP contribution in [0.2, 0.25) is 0 Å². The Morgan fingerprint density at radius 2 is 1.76 bits per heavy atom. The monoisotopic (exact) mass is 348 g/mol. The van der Waals surface area contributed by atoms with E-state index < -0.39 is 11.2 Å². The standard InChI is InChI=1S/C15H16N4O6/c1-8-3-9-10(4-11(8)25-7-24-6-23-5-22-2)17-13-12(16-9)14(20)19-15(21)18-13/h3-4H,5-7H2,1-2H3,(H2,17,18,19,20,21). The molecule has 0 fully saturated rings. The Morgan fingerprint density at radius 3 is 2.56 bits per heavy atom. The smallest absolute Gasteiger partial charge is 0.327 e. The van der Waals surface area contributed by atoms with Crippen LogP contribution in [0.1, 0.15) is 5.56 Å². The zero-order valence-corrected chi connectivity index (χ0v) is 13.6. The molecule has 2 heterocycles. The fraction of sp³-hybridized carbons (Fsp3) is 0.333. The van der Waals surface area contributed by atoms with E-state index in [-0.39, 0.29) is 31.5 Å². The summed E-state index contributed by atoms with van der Waals surface area (Å²) < 4.78 is 20.4. The summed E-state index contributed by atoms with van der Waals surface area (Å²) in [6.07, 6.45) is 0. The summed E-state index contributed by atoms with van der Waals surface area (Å²) in [5.74, 6) is 0.542. The number of hydrogen-bond donors (Lipinski definition) is 2. The van der Waals surface area contributed by atoms with Crippen LogP contribution in [0.5, 0.6) is 5.75 Å². The number of methoxy groups -OCH3 is 1. The van der Waals surface area contributed by atoms with E-state index in [4.69, 9.17) is 18.9 Å². The number of nitrogens with zero attached hydrogens (tertiary/aromatic N) is 2. The van der Waals surface area contributed by atoms with Crippen LogP contribution in [0.15, 0.2) is 21.7 Å². The minimum Gasteiger partial charge on any atom is -0.467 e. The highest BCUT2D eigenvalue weighted by molar-refractivity contribution is 5.85. The first-order valence-corrected chi connectivity index (χ1v) is 7.30. The number of aryl methyl sites for hydroxylation is 1. The van der Waals surface area contributed by atoms with Gasteiger partial charge < -0.3 is 18.9 Å². The fourth-order valence-electron chi connectivity index (χ4n) is 2.21. The van der Waals surface area contributed by atoms with Crippen molar-refractivity contribution in [2.24, 2.45) is 0 Å². The number of rotatable bonds is 7. The molecule has 0 saturated heterocycles. The van der Waals surface area contributed by atoms with Gasteiger partial charge in [0, 0.05) is 13.2 Å². The van der Waals surface area contributed by atoms with Crippen molar-refractivity contribution < 1.29 is 18.9 Å². The summed E-state index contributed by atoms with van der Waals surface area (Å²) in [7, 11) is 1.51. The molecule has 0 saturated carbocycles. The number of H-pyrrole nitrogens is 2. The maximum atomic E-state index is 11.8. The SMILES string of the molecule is COCOCOCOc1cc2nc3[nH]c(=O)[nH]c(=O)c3nc2cc1C. The third kappa shape index (κ3) is 3.82. The zero-order valence-electron chi connectivity index (χ0n) is 13.6. The molecule has 0 aliphatic rings. The lowest BCUT2D eigenvalue weighted by Gasteiger charge is -2.11. The molecule has 0 bridgehead atoms. The first-order chi connectivity index (χ1) is 12.1. The average Bonchev–Trinajstić information content (AvgIpc) is 2.57. The topological polar surface area (TPSA) is 128 Å². The van der Waals surface area contributed by atoms with E-state index in [1.807, 2.05) is 6.92 Å². The molecule has 0 spiro atoms. The summed E-state index contributed by atoms with van der Waals surface area (Å²) in [6, 6.07) is 3.40.